The molecule has 0 saturated carbocycles. The van der Waals surface area contributed by atoms with Crippen LogP contribution >= 0.6 is 0 Å². The number of amides is 2. The number of carbonyl (C=O) groups excluding carboxylic acids is 2. The fourth-order valence-electron chi connectivity index (χ4n) is 9.80. The SMILES string of the molecule is C=C(NC(C(=O)N1C[C@@H](C)C[C@H]1c1ncc(-c2ccc3c(c2)COc2cc4c(ccc5[nH]c([C@@H]6C[C@H](COC)CN6C(=O)C(NC(=C)OC)C(C)CC)nc54)cc2-3)[nH]1)C(C)CC)OC. The van der Waals surface area contributed by atoms with Gasteiger partial charge in [0, 0.05) is 37.1 Å². The van der Waals surface area contributed by atoms with Gasteiger partial charge in [-0.1, -0.05) is 65.7 Å². The fraction of sp³-hybridized carbons (Fsp3) is 0.480. The molecular formula is C50H64N8O6. The van der Waals surface area contributed by atoms with Gasteiger partial charge in [0.25, 0.3) is 0 Å². The number of rotatable bonds is 17. The Morgan fingerprint density at radius 3 is 2.19 bits per heavy atom. The molecule has 0 radical (unpaired) electrons. The lowest BCUT2D eigenvalue weighted by Crippen LogP contribution is -2.49. The summed E-state index contributed by atoms with van der Waals surface area (Å²) >= 11 is 0. The van der Waals surface area contributed by atoms with E-state index in [0.717, 1.165) is 92.8 Å². The molecule has 64 heavy (non-hydrogen) atoms. The molecule has 340 valence electrons. The number of imidazole rings is 2. The summed E-state index contributed by atoms with van der Waals surface area (Å²) in [5.74, 6) is 3.74. The van der Waals surface area contributed by atoms with E-state index in [9.17, 15) is 9.59 Å². The number of hydrogen-bond donors (Lipinski definition) is 4. The molecular weight excluding hydrogens is 809 g/mol. The van der Waals surface area contributed by atoms with E-state index in [0.29, 0.717) is 44.0 Å². The Morgan fingerprint density at radius 1 is 0.859 bits per heavy atom. The van der Waals surface area contributed by atoms with Crippen LogP contribution in [-0.2, 0) is 30.4 Å². The minimum atomic E-state index is -0.492. The van der Waals surface area contributed by atoms with Gasteiger partial charge in [0.05, 0.1) is 55.8 Å². The number of ether oxygens (including phenoxy) is 4. The Balaban J connectivity index is 1.05. The molecule has 8 rings (SSSR count). The standard InChI is InChI=1S/C50H64N8O6/c1-11-28(4)44(52-30(6)62-9)49(59)57-23-27(3)17-41(57)47-51-22-40(55-47)34-13-15-36-35(19-34)26-64-43-21-37-33(20-38(36)43)14-16-39-46(37)56-48(54-39)42-18-32(25-61-8)24-58(42)50(60)45(29(5)12-2)53-31(7)63-10/h13-16,19-22,27-29,32,41-42,44-45,52-53H,6-7,11-12,17-18,23-26H2,1-5,8-10H3,(H,51,55)(H,54,56)/t27-,28?,29?,32-,41-,42-,44?,45?/m0/s1. The summed E-state index contributed by atoms with van der Waals surface area (Å²) < 4.78 is 22.7. The molecule has 4 unspecified atom stereocenters. The molecule has 14 nitrogen and oxygen atoms in total. The number of likely N-dealkylation sites (tertiary alicyclic amines) is 2. The highest BCUT2D eigenvalue weighted by molar-refractivity contribution is 6.07. The van der Waals surface area contributed by atoms with Crippen molar-refractivity contribution in [2.45, 2.75) is 91.1 Å². The maximum Gasteiger partial charge on any atom is 0.246 e. The number of H-pyrrole nitrogens is 2. The van der Waals surface area contributed by atoms with Gasteiger partial charge in [0.1, 0.15) is 36.1 Å². The minimum Gasteiger partial charge on any atom is -0.488 e. The summed E-state index contributed by atoms with van der Waals surface area (Å²) in [5, 5.41) is 8.48. The quantitative estimate of drug-likeness (QED) is 0.0670. The molecule has 2 amide bonds. The Hall–Kier alpha value is -6.02. The summed E-state index contributed by atoms with van der Waals surface area (Å²) in [6.07, 6.45) is 5.07. The second-order valence-corrected chi connectivity index (χ2v) is 18.2. The van der Waals surface area contributed by atoms with Gasteiger partial charge >= 0.3 is 0 Å². The normalized spacial score (nSPS) is 21.1. The maximum atomic E-state index is 14.3. The number of hydrogen-bond acceptors (Lipinski definition) is 10. The summed E-state index contributed by atoms with van der Waals surface area (Å²) in [6, 6.07) is 13.6. The van der Waals surface area contributed by atoms with Crippen molar-refractivity contribution in [3.8, 4) is 28.1 Å². The Morgan fingerprint density at radius 2 is 1.53 bits per heavy atom. The third-order valence-electron chi connectivity index (χ3n) is 13.9. The van der Waals surface area contributed by atoms with Crippen LogP contribution in [0.3, 0.4) is 0 Å². The van der Waals surface area contributed by atoms with Gasteiger partial charge in [-0.05, 0) is 90.1 Å². The molecule has 5 heterocycles. The predicted octanol–water partition coefficient (Wildman–Crippen LogP) is 8.35. The molecule has 8 atom stereocenters. The van der Waals surface area contributed by atoms with Crippen molar-refractivity contribution in [3.05, 3.63) is 90.8 Å². The minimum absolute atomic E-state index is 0.00478. The van der Waals surface area contributed by atoms with Crippen LogP contribution in [0.2, 0.25) is 0 Å². The number of aromatic nitrogens is 4. The van der Waals surface area contributed by atoms with Gasteiger partial charge in [0.15, 0.2) is 11.8 Å². The number of nitrogens with zero attached hydrogens (tertiary/aromatic N) is 4. The topological polar surface area (TPSA) is 159 Å². The maximum absolute atomic E-state index is 14.3. The largest absolute Gasteiger partial charge is 0.488 e. The zero-order valence-corrected chi connectivity index (χ0v) is 38.5. The van der Waals surface area contributed by atoms with Crippen molar-refractivity contribution < 1.29 is 28.5 Å². The third kappa shape index (κ3) is 8.51. The summed E-state index contributed by atoms with van der Waals surface area (Å²) in [7, 11) is 4.81. The van der Waals surface area contributed by atoms with E-state index in [1.165, 1.54) is 0 Å². The second kappa shape index (κ2) is 18.6. The van der Waals surface area contributed by atoms with Crippen LogP contribution < -0.4 is 15.4 Å². The van der Waals surface area contributed by atoms with Crippen LogP contribution in [0.4, 0.5) is 0 Å². The predicted molar refractivity (Wildman–Crippen MR) is 249 cm³/mol. The first kappa shape index (κ1) is 44.6. The van der Waals surface area contributed by atoms with Crippen LogP contribution in [0.25, 0.3) is 44.2 Å². The van der Waals surface area contributed by atoms with Crippen LogP contribution in [-0.4, -0.2) is 94.7 Å². The Kier molecular flexibility index (Phi) is 13.0. The number of carbonyl (C=O) groups is 2. The van der Waals surface area contributed by atoms with Crippen LogP contribution in [0.5, 0.6) is 5.75 Å². The van der Waals surface area contributed by atoms with Gasteiger partial charge in [-0.2, -0.15) is 0 Å². The molecule has 4 N–H and O–H groups in total. The van der Waals surface area contributed by atoms with Crippen molar-refractivity contribution in [1.82, 2.24) is 40.4 Å². The van der Waals surface area contributed by atoms with E-state index in [1.807, 2.05) is 16.0 Å². The molecule has 2 aromatic heterocycles. The first-order valence-corrected chi connectivity index (χ1v) is 22.7. The Labute approximate surface area is 376 Å². The number of nitrogens with one attached hydrogen (secondary N) is 4. The number of methoxy groups -OCH3 is 3. The van der Waals surface area contributed by atoms with Crippen LogP contribution in [0.15, 0.2) is 73.6 Å². The Bertz CT molecular complexity index is 2550. The molecule has 3 aliphatic rings. The van der Waals surface area contributed by atoms with E-state index in [-0.39, 0.29) is 41.7 Å². The molecule has 3 aromatic carbocycles. The lowest BCUT2D eigenvalue weighted by atomic mass is 9.92. The van der Waals surface area contributed by atoms with E-state index in [4.69, 9.17) is 28.9 Å². The number of aromatic amines is 2. The van der Waals surface area contributed by atoms with Crippen LogP contribution in [0, 0.1) is 23.7 Å². The van der Waals surface area contributed by atoms with Crippen molar-refractivity contribution in [2.75, 3.05) is 41.0 Å². The lowest BCUT2D eigenvalue weighted by molar-refractivity contribution is -0.136. The summed E-state index contributed by atoms with van der Waals surface area (Å²) in [6.45, 7) is 20.5. The second-order valence-electron chi connectivity index (χ2n) is 18.2. The molecule has 14 heteroatoms. The highest BCUT2D eigenvalue weighted by Gasteiger charge is 2.42. The smallest absolute Gasteiger partial charge is 0.246 e. The molecule has 5 aromatic rings. The lowest BCUT2D eigenvalue weighted by Gasteiger charge is -2.31. The molecule has 2 fully saturated rings. The zero-order chi connectivity index (χ0) is 45.4. The summed E-state index contributed by atoms with van der Waals surface area (Å²) in [4.78, 5) is 49.6. The third-order valence-corrected chi connectivity index (χ3v) is 13.9. The number of benzene rings is 3. The van der Waals surface area contributed by atoms with E-state index in [2.05, 4.69) is 111 Å². The summed E-state index contributed by atoms with van der Waals surface area (Å²) in [5.41, 5.74) is 6.83. The zero-order valence-electron chi connectivity index (χ0n) is 38.5. The van der Waals surface area contributed by atoms with Gasteiger partial charge in [-0.15, -0.1) is 0 Å². The first-order chi connectivity index (χ1) is 30.8. The monoisotopic (exact) mass is 872 g/mol. The van der Waals surface area contributed by atoms with Crippen molar-refractivity contribution in [3.63, 3.8) is 0 Å². The highest BCUT2D eigenvalue weighted by Crippen LogP contribution is 2.44. The highest BCUT2D eigenvalue weighted by atomic mass is 16.5. The fourth-order valence-corrected chi connectivity index (χ4v) is 9.80. The van der Waals surface area contributed by atoms with Gasteiger partial charge in [-0.25, -0.2) is 9.97 Å². The van der Waals surface area contributed by atoms with Crippen molar-refractivity contribution >= 4 is 33.6 Å². The molecule has 2 saturated heterocycles. The average Bonchev–Trinajstić information content (AvgIpc) is 4.14. The van der Waals surface area contributed by atoms with Gasteiger partial charge < -0.3 is 49.3 Å². The molecule has 0 spiro atoms. The molecule has 0 bridgehead atoms. The van der Waals surface area contributed by atoms with E-state index in [1.54, 1.807) is 21.3 Å². The van der Waals surface area contributed by atoms with Crippen molar-refractivity contribution in [1.29, 1.82) is 0 Å². The van der Waals surface area contributed by atoms with E-state index >= 15 is 0 Å². The average molecular weight is 873 g/mol. The van der Waals surface area contributed by atoms with Crippen molar-refractivity contribution in [2.24, 2.45) is 23.7 Å². The van der Waals surface area contributed by atoms with Crippen LogP contribution in [0.1, 0.15) is 89.6 Å². The van der Waals surface area contributed by atoms with Gasteiger partial charge in [-0.3, -0.25) is 9.59 Å². The first-order valence-electron chi connectivity index (χ1n) is 22.7. The molecule has 3 aliphatic heterocycles. The molecule has 0 aliphatic carbocycles. The van der Waals surface area contributed by atoms with E-state index < -0.39 is 12.1 Å². The van der Waals surface area contributed by atoms with Gasteiger partial charge in [0.2, 0.25) is 11.8 Å². The number of fused-ring (bicyclic) bond motifs is 6.